The minimum Gasteiger partial charge on any atom is -0.384 e. The lowest BCUT2D eigenvalue weighted by Gasteiger charge is -2.36. The number of nitrogens with zero attached hydrogens (tertiary/aromatic N) is 3. The summed E-state index contributed by atoms with van der Waals surface area (Å²) in [6.45, 7) is 5.79. The Balaban J connectivity index is 1.44. The predicted octanol–water partition coefficient (Wildman–Crippen LogP) is 1.83. The zero-order valence-corrected chi connectivity index (χ0v) is 16.5. The minimum absolute atomic E-state index is 0.0501. The van der Waals surface area contributed by atoms with E-state index in [9.17, 15) is 13.7 Å². The Kier molecular flexibility index (Phi) is 6.52. The summed E-state index contributed by atoms with van der Waals surface area (Å²) in [5, 5.41) is 17.6. The summed E-state index contributed by atoms with van der Waals surface area (Å²) in [4.78, 5) is 4.79. The van der Waals surface area contributed by atoms with Crippen molar-refractivity contribution in [3.63, 3.8) is 0 Å². The van der Waals surface area contributed by atoms with Crippen LogP contribution in [0.5, 0.6) is 0 Å². The maximum atomic E-state index is 11.4. The van der Waals surface area contributed by atoms with Crippen LogP contribution in [0.25, 0.3) is 0 Å². The van der Waals surface area contributed by atoms with E-state index >= 15 is 0 Å². The lowest BCUT2D eigenvalue weighted by molar-refractivity contribution is 0.257. The van der Waals surface area contributed by atoms with Crippen LogP contribution in [0.15, 0.2) is 53.4 Å². The van der Waals surface area contributed by atoms with Crippen LogP contribution in [0.3, 0.4) is 0 Å². The Hall–Kier alpha value is -2.60. The maximum Gasteiger partial charge on any atom is 0.238 e. The van der Waals surface area contributed by atoms with E-state index in [0.29, 0.717) is 12.2 Å². The van der Waals surface area contributed by atoms with Crippen LogP contribution in [0.4, 0.5) is 11.4 Å². The van der Waals surface area contributed by atoms with Crippen LogP contribution in [-0.2, 0) is 10.0 Å². The average molecular weight is 400 g/mol. The van der Waals surface area contributed by atoms with Crippen molar-refractivity contribution >= 4 is 21.4 Å². The zero-order valence-electron chi connectivity index (χ0n) is 15.7. The number of para-hydroxylation sites is 1. The average Bonchev–Trinajstić information content (AvgIpc) is 2.71. The number of piperazine rings is 1. The molecule has 0 saturated carbocycles. The van der Waals surface area contributed by atoms with Gasteiger partial charge in [0.1, 0.15) is 6.07 Å². The first kappa shape index (κ1) is 20.1. The smallest absolute Gasteiger partial charge is 0.238 e. The molecule has 0 aliphatic carbocycles. The number of primary sulfonamides is 1. The summed E-state index contributed by atoms with van der Waals surface area (Å²) in [7, 11) is -3.81. The first-order valence-corrected chi connectivity index (χ1v) is 10.9. The topological polar surface area (TPSA) is 102 Å². The van der Waals surface area contributed by atoms with Crippen LogP contribution < -0.4 is 15.4 Å². The Morgan fingerprint density at radius 1 is 1.07 bits per heavy atom. The lowest BCUT2D eigenvalue weighted by atomic mass is 10.2. The van der Waals surface area contributed by atoms with Gasteiger partial charge in [-0.3, -0.25) is 4.90 Å². The molecule has 0 radical (unpaired) electrons. The molecule has 2 aromatic rings. The molecular formula is C20H25N5O2S. The molecule has 0 spiro atoms. The highest BCUT2D eigenvalue weighted by Gasteiger charge is 2.16. The molecular weight excluding hydrogens is 374 g/mol. The van der Waals surface area contributed by atoms with Gasteiger partial charge in [-0.05, 0) is 43.3 Å². The quantitative estimate of drug-likeness (QED) is 0.689. The fraction of sp³-hybridized carbons (Fsp3) is 0.350. The van der Waals surface area contributed by atoms with E-state index in [0.717, 1.165) is 39.1 Å². The number of sulfonamides is 1. The number of anilines is 2. The molecule has 0 unspecified atom stereocenters. The van der Waals surface area contributed by atoms with Crippen molar-refractivity contribution in [3.05, 3.63) is 54.1 Å². The molecule has 1 heterocycles. The third-order valence-electron chi connectivity index (χ3n) is 4.90. The second kappa shape index (κ2) is 9.06. The fourth-order valence-electron chi connectivity index (χ4n) is 3.34. The molecule has 2 aromatic carbocycles. The van der Waals surface area contributed by atoms with Gasteiger partial charge in [-0.25, -0.2) is 13.6 Å². The molecule has 28 heavy (non-hydrogen) atoms. The van der Waals surface area contributed by atoms with Gasteiger partial charge >= 0.3 is 0 Å². The summed E-state index contributed by atoms with van der Waals surface area (Å²) >= 11 is 0. The molecule has 1 saturated heterocycles. The van der Waals surface area contributed by atoms with E-state index in [2.05, 4.69) is 39.4 Å². The summed E-state index contributed by atoms with van der Waals surface area (Å²) in [5.41, 5.74) is 2.18. The fourth-order valence-corrected chi connectivity index (χ4v) is 3.88. The monoisotopic (exact) mass is 399 g/mol. The lowest BCUT2D eigenvalue weighted by Crippen LogP contribution is -2.46. The van der Waals surface area contributed by atoms with Crippen LogP contribution >= 0.6 is 0 Å². The highest BCUT2D eigenvalue weighted by atomic mass is 32.2. The van der Waals surface area contributed by atoms with Crippen LogP contribution in [-0.4, -0.2) is 52.6 Å². The van der Waals surface area contributed by atoms with Crippen molar-refractivity contribution in [2.24, 2.45) is 5.14 Å². The number of nitrogens with two attached hydrogens (primary N) is 1. The molecule has 1 aliphatic rings. The van der Waals surface area contributed by atoms with Gasteiger partial charge < -0.3 is 10.2 Å². The molecule has 0 aromatic heterocycles. The van der Waals surface area contributed by atoms with Gasteiger partial charge in [-0.15, -0.1) is 0 Å². The third-order valence-corrected chi connectivity index (χ3v) is 5.81. The van der Waals surface area contributed by atoms with Crippen molar-refractivity contribution in [3.8, 4) is 6.07 Å². The first-order valence-electron chi connectivity index (χ1n) is 9.30. The summed E-state index contributed by atoms with van der Waals surface area (Å²) < 4.78 is 22.8. The van der Waals surface area contributed by atoms with Gasteiger partial charge in [0.25, 0.3) is 0 Å². The number of nitrogens with one attached hydrogen (secondary N) is 1. The van der Waals surface area contributed by atoms with Gasteiger partial charge in [0, 0.05) is 38.4 Å². The van der Waals surface area contributed by atoms with E-state index in [1.54, 1.807) is 6.07 Å². The largest absolute Gasteiger partial charge is 0.384 e. The van der Waals surface area contributed by atoms with E-state index in [1.807, 2.05) is 12.1 Å². The normalized spacial score (nSPS) is 15.2. The Bertz CT molecular complexity index is 933. The number of rotatable bonds is 7. The van der Waals surface area contributed by atoms with Crippen molar-refractivity contribution in [2.75, 3.05) is 49.5 Å². The predicted molar refractivity (Wildman–Crippen MR) is 111 cm³/mol. The molecule has 7 nitrogen and oxygen atoms in total. The van der Waals surface area contributed by atoms with E-state index < -0.39 is 10.0 Å². The number of nitriles is 1. The van der Waals surface area contributed by atoms with Crippen LogP contribution in [0.1, 0.15) is 12.0 Å². The van der Waals surface area contributed by atoms with E-state index in [1.165, 1.54) is 17.8 Å². The second-order valence-corrected chi connectivity index (χ2v) is 8.37. The Labute approximate surface area is 166 Å². The minimum atomic E-state index is -3.81. The summed E-state index contributed by atoms with van der Waals surface area (Å²) in [6, 6.07) is 16.8. The SMILES string of the molecule is N#Cc1cc(S(N)(=O)=O)ccc1NCCCN1CCN(c2ccccc2)CC1. The Morgan fingerprint density at radius 2 is 1.79 bits per heavy atom. The standard InChI is InChI=1S/C20H25N5O2S/c21-16-17-15-19(28(22,26)27)7-8-20(17)23-9-4-10-24-11-13-25(14-12-24)18-5-2-1-3-6-18/h1-3,5-8,15,23H,4,9-14H2,(H2,22,26,27). The molecule has 3 rings (SSSR count). The Morgan fingerprint density at radius 3 is 2.43 bits per heavy atom. The highest BCUT2D eigenvalue weighted by Crippen LogP contribution is 2.19. The summed E-state index contributed by atoms with van der Waals surface area (Å²) in [6.07, 6.45) is 0.938. The molecule has 1 aliphatic heterocycles. The zero-order chi connectivity index (χ0) is 20.0. The summed E-state index contributed by atoms with van der Waals surface area (Å²) in [5.74, 6) is 0. The van der Waals surface area contributed by atoms with E-state index in [-0.39, 0.29) is 10.5 Å². The van der Waals surface area contributed by atoms with Crippen molar-refractivity contribution in [1.82, 2.24) is 4.90 Å². The van der Waals surface area contributed by atoms with Crippen LogP contribution in [0.2, 0.25) is 0 Å². The van der Waals surface area contributed by atoms with Gasteiger partial charge in [-0.1, -0.05) is 18.2 Å². The van der Waals surface area contributed by atoms with Crippen LogP contribution in [0, 0.1) is 11.3 Å². The van der Waals surface area contributed by atoms with Gasteiger partial charge in [-0.2, -0.15) is 5.26 Å². The molecule has 8 heteroatoms. The highest BCUT2D eigenvalue weighted by molar-refractivity contribution is 7.89. The first-order chi connectivity index (χ1) is 13.5. The number of benzene rings is 2. The van der Waals surface area contributed by atoms with Gasteiger partial charge in [0.05, 0.1) is 16.1 Å². The third kappa shape index (κ3) is 5.23. The maximum absolute atomic E-state index is 11.4. The van der Waals surface area contributed by atoms with Gasteiger partial charge in [0.15, 0.2) is 0 Å². The van der Waals surface area contributed by atoms with Gasteiger partial charge in [0.2, 0.25) is 10.0 Å². The molecule has 0 atom stereocenters. The molecule has 148 valence electrons. The van der Waals surface area contributed by atoms with Crippen molar-refractivity contribution in [2.45, 2.75) is 11.3 Å². The van der Waals surface area contributed by atoms with Crippen molar-refractivity contribution in [1.29, 1.82) is 5.26 Å². The second-order valence-electron chi connectivity index (χ2n) is 6.81. The molecule has 0 amide bonds. The molecule has 0 bridgehead atoms. The molecule has 3 N–H and O–H groups in total. The van der Waals surface area contributed by atoms with Crippen molar-refractivity contribution < 1.29 is 8.42 Å². The number of hydrogen-bond acceptors (Lipinski definition) is 6. The molecule has 1 fully saturated rings. The van der Waals surface area contributed by atoms with E-state index in [4.69, 9.17) is 5.14 Å². The number of hydrogen-bond donors (Lipinski definition) is 2.